The van der Waals surface area contributed by atoms with Crippen LogP contribution in [0.4, 0.5) is 0 Å². The molecule has 1 aliphatic rings. The first-order valence-corrected chi connectivity index (χ1v) is 11.1. The van der Waals surface area contributed by atoms with E-state index in [1.807, 2.05) is 0 Å². The molecule has 1 aliphatic carbocycles. The van der Waals surface area contributed by atoms with E-state index in [2.05, 4.69) is 10.0 Å². The Morgan fingerprint density at radius 3 is 2.39 bits per heavy atom. The second-order valence-electron chi connectivity index (χ2n) is 8.04. The van der Waals surface area contributed by atoms with Crippen molar-refractivity contribution in [2.45, 2.75) is 76.0 Å². The van der Waals surface area contributed by atoms with Crippen LogP contribution in [0.1, 0.15) is 63.7 Å². The van der Waals surface area contributed by atoms with Crippen molar-refractivity contribution >= 4 is 33.5 Å². The van der Waals surface area contributed by atoms with Gasteiger partial charge in [0.2, 0.25) is 10.0 Å². The van der Waals surface area contributed by atoms with Gasteiger partial charge in [-0.05, 0) is 58.7 Å². The largest absolute Gasteiger partial charge is 0.449 e. The van der Waals surface area contributed by atoms with Gasteiger partial charge >= 0.3 is 5.97 Å². The number of rotatable bonds is 6. The van der Waals surface area contributed by atoms with Crippen LogP contribution in [0.3, 0.4) is 0 Å². The maximum Gasteiger partial charge on any atom is 0.338 e. The highest BCUT2D eigenvalue weighted by Crippen LogP contribution is 2.24. The van der Waals surface area contributed by atoms with E-state index in [9.17, 15) is 18.0 Å². The molecular formula is C19H27ClN2O5S. The monoisotopic (exact) mass is 430 g/mol. The van der Waals surface area contributed by atoms with Crippen LogP contribution in [0.5, 0.6) is 0 Å². The van der Waals surface area contributed by atoms with E-state index in [0.717, 1.165) is 31.7 Å². The van der Waals surface area contributed by atoms with E-state index < -0.39 is 27.6 Å². The minimum absolute atomic E-state index is 0.000740. The molecule has 1 fully saturated rings. The van der Waals surface area contributed by atoms with Gasteiger partial charge in [-0.1, -0.05) is 24.4 Å². The number of carbonyl (C=O) groups excluding carboxylic acids is 2. The third-order valence-corrected chi connectivity index (χ3v) is 6.49. The topological polar surface area (TPSA) is 102 Å². The number of hydrogen-bond acceptors (Lipinski definition) is 5. The summed E-state index contributed by atoms with van der Waals surface area (Å²) in [5.41, 5.74) is -0.717. The minimum atomic E-state index is -3.93. The Morgan fingerprint density at radius 2 is 1.82 bits per heavy atom. The number of carbonyl (C=O) groups is 2. The molecule has 0 spiro atoms. The second kappa shape index (κ2) is 8.80. The maximum absolute atomic E-state index is 12.6. The average Bonchev–Trinajstić information content (AvgIpc) is 3.05. The molecule has 2 rings (SSSR count). The first kappa shape index (κ1) is 22.6. The van der Waals surface area contributed by atoms with E-state index in [-0.39, 0.29) is 27.4 Å². The average molecular weight is 431 g/mol. The standard InChI is InChI=1S/C19H27ClN2O5S/c1-12(17(23)21-14-7-5-6-8-14)27-18(24)13-9-10-15(20)16(11-13)28(25,26)22-19(2,3)4/h9-12,14,22H,5-8H2,1-4H3,(H,21,23). The highest BCUT2D eigenvalue weighted by Gasteiger charge is 2.27. The van der Waals surface area contributed by atoms with Crippen molar-refractivity contribution in [3.63, 3.8) is 0 Å². The summed E-state index contributed by atoms with van der Waals surface area (Å²) in [5, 5.41) is 2.85. The summed E-state index contributed by atoms with van der Waals surface area (Å²) >= 11 is 6.03. The molecule has 0 aromatic heterocycles. The quantitative estimate of drug-likeness (QED) is 0.675. The lowest BCUT2D eigenvalue weighted by Gasteiger charge is -2.21. The Morgan fingerprint density at radius 1 is 1.21 bits per heavy atom. The lowest BCUT2D eigenvalue weighted by Crippen LogP contribution is -2.41. The number of benzene rings is 1. The Labute approximate surface area is 171 Å². The summed E-state index contributed by atoms with van der Waals surface area (Å²) in [4.78, 5) is 24.4. The summed E-state index contributed by atoms with van der Waals surface area (Å²) in [6.45, 7) is 6.57. The van der Waals surface area contributed by atoms with Gasteiger partial charge in [0.05, 0.1) is 10.6 Å². The summed E-state index contributed by atoms with van der Waals surface area (Å²) in [6, 6.07) is 3.95. The van der Waals surface area contributed by atoms with E-state index in [1.165, 1.54) is 19.1 Å². The number of ether oxygens (including phenoxy) is 1. The Bertz CT molecular complexity index is 842. The SMILES string of the molecule is CC(OC(=O)c1ccc(Cl)c(S(=O)(=O)NC(C)(C)C)c1)C(=O)NC1CCCC1. The molecule has 1 unspecified atom stereocenters. The van der Waals surface area contributed by atoms with Crippen LogP contribution >= 0.6 is 11.6 Å². The number of sulfonamides is 1. The van der Waals surface area contributed by atoms with Crippen LogP contribution in [0.2, 0.25) is 5.02 Å². The molecule has 1 aromatic rings. The van der Waals surface area contributed by atoms with Crippen molar-refractivity contribution in [2.75, 3.05) is 0 Å². The number of esters is 1. The van der Waals surface area contributed by atoms with Gasteiger partial charge in [-0.25, -0.2) is 17.9 Å². The highest BCUT2D eigenvalue weighted by atomic mass is 35.5. The van der Waals surface area contributed by atoms with Gasteiger partial charge < -0.3 is 10.1 Å². The van der Waals surface area contributed by atoms with Crippen LogP contribution in [-0.4, -0.2) is 38.0 Å². The molecule has 1 aromatic carbocycles. The molecule has 1 amide bonds. The van der Waals surface area contributed by atoms with Gasteiger partial charge in [-0.15, -0.1) is 0 Å². The van der Waals surface area contributed by atoms with Crippen molar-refractivity contribution in [1.82, 2.24) is 10.0 Å². The molecule has 28 heavy (non-hydrogen) atoms. The van der Waals surface area contributed by atoms with E-state index in [0.29, 0.717) is 0 Å². The Hall–Kier alpha value is -1.64. The summed E-state index contributed by atoms with van der Waals surface area (Å²) in [7, 11) is -3.93. The molecule has 0 saturated heterocycles. The van der Waals surface area contributed by atoms with Crippen LogP contribution in [0.15, 0.2) is 23.1 Å². The van der Waals surface area contributed by atoms with E-state index >= 15 is 0 Å². The van der Waals surface area contributed by atoms with Crippen molar-refractivity contribution in [1.29, 1.82) is 0 Å². The predicted octanol–water partition coefficient (Wildman–Crippen LogP) is 3.02. The van der Waals surface area contributed by atoms with Crippen molar-refractivity contribution in [3.05, 3.63) is 28.8 Å². The smallest absolute Gasteiger partial charge is 0.338 e. The molecule has 2 N–H and O–H groups in total. The maximum atomic E-state index is 12.6. The number of amides is 1. The van der Waals surface area contributed by atoms with Gasteiger partial charge in [-0.3, -0.25) is 4.79 Å². The number of halogens is 1. The highest BCUT2D eigenvalue weighted by molar-refractivity contribution is 7.89. The van der Waals surface area contributed by atoms with Crippen molar-refractivity contribution < 1.29 is 22.7 Å². The summed E-state index contributed by atoms with van der Waals surface area (Å²) in [5.74, 6) is -1.16. The van der Waals surface area contributed by atoms with Crippen LogP contribution in [-0.2, 0) is 19.6 Å². The molecule has 0 aliphatic heterocycles. The zero-order valence-corrected chi connectivity index (χ0v) is 18.1. The summed E-state index contributed by atoms with van der Waals surface area (Å²) in [6.07, 6.45) is 3.00. The van der Waals surface area contributed by atoms with E-state index in [1.54, 1.807) is 20.8 Å². The van der Waals surface area contributed by atoms with Gasteiger partial charge in [0.15, 0.2) is 6.10 Å². The second-order valence-corrected chi connectivity index (χ2v) is 10.1. The van der Waals surface area contributed by atoms with E-state index in [4.69, 9.17) is 16.3 Å². The molecule has 1 atom stereocenters. The molecule has 9 heteroatoms. The first-order chi connectivity index (χ1) is 12.9. The normalized spacial score (nSPS) is 16.6. The Kier molecular flexibility index (Phi) is 7.12. The molecular weight excluding hydrogens is 404 g/mol. The zero-order chi connectivity index (χ0) is 21.1. The fourth-order valence-electron chi connectivity index (χ4n) is 2.97. The van der Waals surface area contributed by atoms with Gasteiger partial charge in [-0.2, -0.15) is 0 Å². The molecule has 0 radical (unpaired) electrons. The fraction of sp³-hybridized carbons (Fsp3) is 0.579. The van der Waals surface area contributed by atoms with Crippen molar-refractivity contribution in [3.8, 4) is 0 Å². The third kappa shape index (κ3) is 6.18. The number of hydrogen-bond donors (Lipinski definition) is 2. The molecule has 7 nitrogen and oxygen atoms in total. The first-order valence-electron chi connectivity index (χ1n) is 9.24. The van der Waals surface area contributed by atoms with Crippen LogP contribution in [0, 0.1) is 0 Å². The molecule has 0 bridgehead atoms. The summed E-state index contributed by atoms with van der Waals surface area (Å²) < 4.78 is 32.8. The van der Waals surface area contributed by atoms with Crippen LogP contribution in [0.25, 0.3) is 0 Å². The fourth-order valence-corrected chi connectivity index (χ4v) is 4.91. The zero-order valence-electron chi connectivity index (χ0n) is 16.5. The molecule has 0 heterocycles. The lowest BCUT2D eigenvalue weighted by molar-refractivity contribution is -0.129. The van der Waals surface area contributed by atoms with Gasteiger partial charge in [0, 0.05) is 11.6 Å². The molecule has 1 saturated carbocycles. The van der Waals surface area contributed by atoms with Gasteiger partial charge in [0.1, 0.15) is 4.90 Å². The van der Waals surface area contributed by atoms with Crippen molar-refractivity contribution in [2.24, 2.45) is 0 Å². The predicted molar refractivity (Wildman–Crippen MR) is 107 cm³/mol. The van der Waals surface area contributed by atoms with Crippen LogP contribution < -0.4 is 10.0 Å². The Balaban J connectivity index is 2.12. The van der Waals surface area contributed by atoms with Gasteiger partial charge in [0.25, 0.3) is 5.91 Å². The number of nitrogens with one attached hydrogen (secondary N) is 2. The third-order valence-electron chi connectivity index (χ3n) is 4.25. The lowest BCUT2D eigenvalue weighted by atomic mass is 10.1. The minimum Gasteiger partial charge on any atom is -0.449 e. The molecule has 156 valence electrons.